The summed E-state index contributed by atoms with van der Waals surface area (Å²) in [5, 5.41) is 7.94. The summed E-state index contributed by atoms with van der Waals surface area (Å²) in [4.78, 5) is 0. The Morgan fingerprint density at radius 1 is 1.11 bits per heavy atom. The Hall–Kier alpha value is -1.88. The SMILES string of the molecule is Cc1ccc(OCCc2nnc(CCCN)o2)cc1. The number of nitrogens with two attached hydrogens (primary N) is 1. The summed E-state index contributed by atoms with van der Waals surface area (Å²) in [6.07, 6.45) is 2.22. The van der Waals surface area contributed by atoms with Crippen LogP contribution in [0.3, 0.4) is 0 Å². The van der Waals surface area contributed by atoms with Gasteiger partial charge in [-0.15, -0.1) is 10.2 Å². The first-order valence-electron chi connectivity index (χ1n) is 6.48. The third kappa shape index (κ3) is 4.37. The van der Waals surface area contributed by atoms with Crippen molar-refractivity contribution in [1.29, 1.82) is 0 Å². The van der Waals surface area contributed by atoms with Crippen LogP contribution in [0.1, 0.15) is 23.8 Å². The van der Waals surface area contributed by atoms with Crippen LogP contribution in [0.25, 0.3) is 0 Å². The Labute approximate surface area is 112 Å². The number of aromatic nitrogens is 2. The van der Waals surface area contributed by atoms with Gasteiger partial charge in [0.2, 0.25) is 11.8 Å². The van der Waals surface area contributed by atoms with E-state index >= 15 is 0 Å². The van der Waals surface area contributed by atoms with Gasteiger partial charge in [-0.1, -0.05) is 17.7 Å². The lowest BCUT2D eigenvalue weighted by atomic mass is 10.2. The highest BCUT2D eigenvalue weighted by Gasteiger charge is 2.05. The molecule has 0 aliphatic carbocycles. The molecule has 0 fully saturated rings. The molecule has 0 aliphatic rings. The van der Waals surface area contributed by atoms with E-state index in [1.54, 1.807) is 0 Å². The van der Waals surface area contributed by atoms with Gasteiger partial charge in [0.25, 0.3) is 0 Å². The number of hydrogen-bond donors (Lipinski definition) is 1. The van der Waals surface area contributed by atoms with Gasteiger partial charge in [0.1, 0.15) is 5.75 Å². The van der Waals surface area contributed by atoms with Crippen LogP contribution in [0.15, 0.2) is 28.7 Å². The number of hydrogen-bond acceptors (Lipinski definition) is 5. The zero-order chi connectivity index (χ0) is 13.5. The number of benzene rings is 1. The topological polar surface area (TPSA) is 74.2 Å². The molecule has 1 aromatic carbocycles. The molecule has 1 heterocycles. The molecular weight excluding hydrogens is 242 g/mol. The number of aryl methyl sites for hydroxylation is 2. The highest BCUT2D eigenvalue weighted by molar-refractivity contribution is 5.26. The van der Waals surface area contributed by atoms with E-state index in [9.17, 15) is 0 Å². The Balaban J connectivity index is 1.76. The molecule has 0 unspecified atom stereocenters. The summed E-state index contributed by atoms with van der Waals surface area (Å²) in [6, 6.07) is 7.95. The maximum Gasteiger partial charge on any atom is 0.219 e. The van der Waals surface area contributed by atoms with E-state index in [1.165, 1.54) is 5.56 Å². The minimum atomic E-state index is 0.529. The third-order valence-electron chi connectivity index (χ3n) is 2.71. The van der Waals surface area contributed by atoms with Crippen LogP contribution in [0.5, 0.6) is 5.75 Å². The minimum Gasteiger partial charge on any atom is -0.493 e. The van der Waals surface area contributed by atoms with Gasteiger partial charge in [-0.3, -0.25) is 0 Å². The molecule has 5 nitrogen and oxygen atoms in total. The van der Waals surface area contributed by atoms with Crippen molar-refractivity contribution >= 4 is 0 Å². The summed E-state index contributed by atoms with van der Waals surface area (Å²) in [5.41, 5.74) is 6.64. The second-order valence-corrected chi connectivity index (χ2v) is 4.39. The smallest absolute Gasteiger partial charge is 0.219 e. The molecule has 19 heavy (non-hydrogen) atoms. The first-order valence-corrected chi connectivity index (χ1v) is 6.48. The Bertz CT molecular complexity index is 494. The van der Waals surface area contributed by atoms with Crippen molar-refractivity contribution in [2.45, 2.75) is 26.2 Å². The quantitative estimate of drug-likeness (QED) is 0.823. The molecule has 2 N–H and O–H groups in total. The second-order valence-electron chi connectivity index (χ2n) is 4.39. The van der Waals surface area contributed by atoms with E-state index in [-0.39, 0.29) is 0 Å². The highest BCUT2D eigenvalue weighted by atomic mass is 16.5. The number of ether oxygens (including phenoxy) is 1. The Kier molecular flexibility index (Phi) is 4.92. The van der Waals surface area contributed by atoms with Crippen molar-refractivity contribution in [3.63, 3.8) is 0 Å². The van der Waals surface area contributed by atoms with Crippen molar-refractivity contribution in [2.24, 2.45) is 5.73 Å². The lowest BCUT2D eigenvalue weighted by Gasteiger charge is -2.04. The van der Waals surface area contributed by atoms with Gasteiger partial charge in [-0.2, -0.15) is 0 Å². The van der Waals surface area contributed by atoms with Gasteiger partial charge in [0.05, 0.1) is 13.0 Å². The van der Waals surface area contributed by atoms with E-state index in [2.05, 4.69) is 10.2 Å². The zero-order valence-corrected chi connectivity index (χ0v) is 11.1. The lowest BCUT2D eigenvalue weighted by Crippen LogP contribution is -2.01. The van der Waals surface area contributed by atoms with Gasteiger partial charge in [0.15, 0.2) is 0 Å². The summed E-state index contributed by atoms with van der Waals surface area (Å²) < 4.78 is 11.1. The van der Waals surface area contributed by atoms with Crippen molar-refractivity contribution in [3.8, 4) is 5.75 Å². The molecule has 0 bridgehead atoms. The number of nitrogens with zero attached hydrogens (tertiary/aromatic N) is 2. The molecule has 2 aromatic rings. The van der Waals surface area contributed by atoms with Gasteiger partial charge in [-0.05, 0) is 32.0 Å². The van der Waals surface area contributed by atoms with E-state index in [4.69, 9.17) is 14.9 Å². The molecular formula is C14H19N3O2. The largest absolute Gasteiger partial charge is 0.493 e. The van der Waals surface area contributed by atoms with Gasteiger partial charge < -0.3 is 14.9 Å². The molecule has 0 spiro atoms. The first-order chi connectivity index (χ1) is 9.28. The average Bonchev–Trinajstić information content (AvgIpc) is 2.87. The summed E-state index contributed by atoms with van der Waals surface area (Å²) in [5.74, 6) is 2.11. The van der Waals surface area contributed by atoms with Crippen LogP contribution in [0.4, 0.5) is 0 Å². The molecule has 0 aliphatic heterocycles. The van der Waals surface area contributed by atoms with Crippen molar-refractivity contribution < 1.29 is 9.15 Å². The molecule has 0 radical (unpaired) electrons. The average molecular weight is 261 g/mol. The van der Waals surface area contributed by atoms with Crippen LogP contribution >= 0.6 is 0 Å². The number of rotatable bonds is 7. The first kappa shape index (κ1) is 13.5. The van der Waals surface area contributed by atoms with E-state index < -0.39 is 0 Å². The molecule has 2 rings (SSSR count). The molecule has 102 valence electrons. The summed E-state index contributed by atoms with van der Waals surface area (Å²) >= 11 is 0. The summed E-state index contributed by atoms with van der Waals surface area (Å²) in [6.45, 7) is 3.21. The van der Waals surface area contributed by atoms with Crippen LogP contribution in [-0.2, 0) is 12.8 Å². The normalized spacial score (nSPS) is 10.6. The van der Waals surface area contributed by atoms with E-state index in [1.807, 2.05) is 31.2 Å². The third-order valence-corrected chi connectivity index (χ3v) is 2.71. The fourth-order valence-corrected chi connectivity index (χ4v) is 1.63. The molecule has 5 heteroatoms. The molecule has 0 amide bonds. The maximum atomic E-state index is 5.61. The second kappa shape index (κ2) is 6.89. The predicted octanol–water partition coefficient (Wildman–Crippen LogP) is 1.89. The van der Waals surface area contributed by atoms with Crippen molar-refractivity contribution in [2.75, 3.05) is 13.2 Å². The van der Waals surface area contributed by atoms with E-state index in [0.717, 1.165) is 18.6 Å². The highest BCUT2D eigenvalue weighted by Crippen LogP contribution is 2.12. The van der Waals surface area contributed by atoms with Crippen LogP contribution < -0.4 is 10.5 Å². The molecule has 0 saturated heterocycles. The Morgan fingerprint density at radius 3 is 2.47 bits per heavy atom. The minimum absolute atomic E-state index is 0.529. The van der Waals surface area contributed by atoms with Crippen LogP contribution in [-0.4, -0.2) is 23.3 Å². The molecule has 0 saturated carbocycles. The molecule has 0 atom stereocenters. The predicted molar refractivity (Wildman–Crippen MR) is 72.1 cm³/mol. The van der Waals surface area contributed by atoms with Crippen LogP contribution in [0.2, 0.25) is 0 Å². The van der Waals surface area contributed by atoms with E-state index in [0.29, 0.717) is 31.4 Å². The van der Waals surface area contributed by atoms with Gasteiger partial charge in [-0.25, -0.2) is 0 Å². The monoisotopic (exact) mass is 261 g/mol. The zero-order valence-electron chi connectivity index (χ0n) is 11.1. The van der Waals surface area contributed by atoms with Crippen LogP contribution in [0, 0.1) is 6.92 Å². The van der Waals surface area contributed by atoms with Crippen molar-refractivity contribution in [3.05, 3.63) is 41.6 Å². The maximum absolute atomic E-state index is 5.61. The van der Waals surface area contributed by atoms with Gasteiger partial charge in [0, 0.05) is 6.42 Å². The Morgan fingerprint density at radius 2 is 1.79 bits per heavy atom. The summed E-state index contributed by atoms with van der Waals surface area (Å²) in [7, 11) is 0. The lowest BCUT2D eigenvalue weighted by molar-refractivity contribution is 0.303. The van der Waals surface area contributed by atoms with Gasteiger partial charge >= 0.3 is 0 Å². The fourth-order valence-electron chi connectivity index (χ4n) is 1.63. The fraction of sp³-hybridized carbons (Fsp3) is 0.429. The standard InChI is InChI=1S/C14H19N3O2/c1-11-4-6-12(7-5-11)18-10-8-14-17-16-13(19-14)3-2-9-15/h4-7H,2-3,8-10,15H2,1H3. The van der Waals surface area contributed by atoms with Crippen molar-refractivity contribution in [1.82, 2.24) is 10.2 Å². The molecule has 1 aromatic heterocycles.